The fraction of sp³-hybridized carbons (Fsp3) is 0.938. The van der Waals surface area contributed by atoms with E-state index in [9.17, 15) is 4.79 Å². The molecule has 4 aliphatic carbocycles. The van der Waals surface area contributed by atoms with Crippen molar-refractivity contribution in [2.45, 2.75) is 57.5 Å². The van der Waals surface area contributed by atoms with Crippen LogP contribution in [0.5, 0.6) is 0 Å². The molecule has 1 N–H and O–H groups in total. The van der Waals surface area contributed by atoms with Gasteiger partial charge in [-0.3, -0.25) is 4.79 Å². The molecule has 1 unspecified atom stereocenters. The minimum absolute atomic E-state index is 0.363. The average molecular weight is 262 g/mol. The minimum Gasteiger partial charge on any atom is -0.335 e. The third kappa shape index (κ3) is 1.93. The number of carbonyl (C=O) groups is 1. The Kier molecular flexibility index (Phi) is 2.87. The first-order chi connectivity index (χ1) is 9.22. The third-order valence-electron chi connectivity index (χ3n) is 6.28. The number of rotatable bonds is 1. The van der Waals surface area contributed by atoms with E-state index in [1.807, 2.05) is 0 Å². The average Bonchev–Trinajstić information content (AvgIpc) is 2.52. The van der Waals surface area contributed by atoms with Crippen molar-refractivity contribution in [3.8, 4) is 0 Å². The monoisotopic (exact) mass is 262 g/mol. The summed E-state index contributed by atoms with van der Waals surface area (Å²) in [5.41, 5.74) is 0. The van der Waals surface area contributed by atoms with Gasteiger partial charge in [0.05, 0.1) is 6.54 Å². The van der Waals surface area contributed by atoms with Crippen molar-refractivity contribution >= 4 is 5.91 Å². The summed E-state index contributed by atoms with van der Waals surface area (Å²) in [6.07, 6.45) is 8.23. The first-order valence-corrected chi connectivity index (χ1v) is 8.24. The molecule has 1 aliphatic heterocycles. The van der Waals surface area contributed by atoms with Crippen LogP contribution >= 0.6 is 0 Å². The number of amides is 1. The van der Waals surface area contributed by atoms with E-state index < -0.39 is 0 Å². The summed E-state index contributed by atoms with van der Waals surface area (Å²) in [6, 6.07) is 1.01. The van der Waals surface area contributed by atoms with E-state index in [-0.39, 0.29) is 0 Å². The van der Waals surface area contributed by atoms with Crippen molar-refractivity contribution in [1.82, 2.24) is 10.2 Å². The van der Waals surface area contributed by atoms with Crippen molar-refractivity contribution in [2.24, 2.45) is 23.7 Å². The Morgan fingerprint density at radius 3 is 2.32 bits per heavy atom. The predicted molar refractivity (Wildman–Crippen MR) is 74.6 cm³/mol. The van der Waals surface area contributed by atoms with Gasteiger partial charge in [-0.05, 0) is 75.7 Å². The lowest BCUT2D eigenvalue weighted by molar-refractivity contribution is -0.145. The van der Waals surface area contributed by atoms with Crippen LogP contribution in [0.15, 0.2) is 0 Å². The van der Waals surface area contributed by atoms with Crippen LogP contribution in [0.4, 0.5) is 0 Å². The lowest BCUT2D eigenvalue weighted by Gasteiger charge is -2.58. The predicted octanol–water partition coefficient (Wildman–Crippen LogP) is 2.02. The van der Waals surface area contributed by atoms with Crippen LogP contribution < -0.4 is 5.32 Å². The van der Waals surface area contributed by atoms with Crippen molar-refractivity contribution in [3.63, 3.8) is 0 Å². The second-order valence-electron chi connectivity index (χ2n) is 7.54. The lowest BCUT2D eigenvalue weighted by atomic mass is 9.53. The van der Waals surface area contributed by atoms with Crippen molar-refractivity contribution < 1.29 is 4.79 Å². The highest BCUT2D eigenvalue weighted by Crippen LogP contribution is 2.55. The minimum atomic E-state index is 0.363. The van der Waals surface area contributed by atoms with E-state index in [2.05, 4.69) is 17.1 Å². The molecule has 0 radical (unpaired) electrons. The standard InChI is InChI=1S/C16H26N2O/c1-10-2-3-17-9-15(19)18(10)16-13-5-11-4-12(7-13)8-14(16)6-11/h10-14,16-17H,2-9H2,1H3. The highest BCUT2D eigenvalue weighted by Gasteiger charge is 2.51. The summed E-state index contributed by atoms with van der Waals surface area (Å²) < 4.78 is 0. The van der Waals surface area contributed by atoms with Crippen molar-refractivity contribution in [2.75, 3.05) is 13.1 Å². The maximum Gasteiger partial charge on any atom is 0.237 e. The second kappa shape index (κ2) is 4.47. The topological polar surface area (TPSA) is 32.3 Å². The second-order valence-corrected chi connectivity index (χ2v) is 7.54. The van der Waals surface area contributed by atoms with Gasteiger partial charge in [-0.25, -0.2) is 0 Å². The van der Waals surface area contributed by atoms with Crippen LogP contribution in [0, 0.1) is 23.7 Å². The van der Waals surface area contributed by atoms with E-state index in [1.54, 1.807) is 0 Å². The molecule has 19 heavy (non-hydrogen) atoms. The third-order valence-corrected chi connectivity index (χ3v) is 6.28. The maximum absolute atomic E-state index is 12.5. The van der Waals surface area contributed by atoms with E-state index in [4.69, 9.17) is 0 Å². The highest BCUT2D eigenvalue weighted by molar-refractivity contribution is 5.79. The van der Waals surface area contributed by atoms with E-state index in [0.29, 0.717) is 24.5 Å². The van der Waals surface area contributed by atoms with Gasteiger partial charge in [-0.1, -0.05) is 0 Å². The molecular formula is C16H26N2O. The molecule has 1 amide bonds. The smallest absolute Gasteiger partial charge is 0.237 e. The van der Waals surface area contributed by atoms with E-state index in [0.717, 1.165) is 36.6 Å². The fourth-order valence-electron chi connectivity index (χ4n) is 5.79. The zero-order chi connectivity index (χ0) is 13.0. The normalized spacial score (nSPS) is 49.5. The van der Waals surface area contributed by atoms with Crippen LogP contribution in [-0.4, -0.2) is 36.0 Å². The van der Waals surface area contributed by atoms with Gasteiger partial charge in [0.2, 0.25) is 5.91 Å². The molecule has 5 fully saturated rings. The number of hydrogen-bond acceptors (Lipinski definition) is 2. The van der Waals surface area contributed by atoms with Gasteiger partial charge >= 0.3 is 0 Å². The summed E-state index contributed by atoms with van der Waals surface area (Å²) in [4.78, 5) is 14.8. The molecule has 1 saturated heterocycles. The van der Waals surface area contributed by atoms with Crippen molar-refractivity contribution in [3.05, 3.63) is 0 Å². The molecule has 0 spiro atoms. The quantitative estimate of drug-likeness (QED) is 0.784. The summed E-state index contributed by atoms with van der Waals surface area (Å²) >= 11 is 0. The Hall–Kier alpha value is -0.570. The number of nitrogens with one attached hydrogen (secondary N) is 1. The first kappa shape index (κ1) is 12.2. The van der Waals surface area contributed by atoms with Gasteiger partial charge in [-0.15, -0.1) is 0 Å². The Morgan fingerprint density at radius 1 is 1.05 bits per heavy atom. The lowest BCUT2D eigenvalue weighted by Crippen LogP contribution is -2.59. The van der Waals surface area contributed by atoms with Gasteiger partial charge < -0.3 is 10.2 Å². The zero-order valence-electron chi connectivity index (χ0n) is 12.0. The zero-order valence-corrected chi connectivity index (χ0v) is 12.0. The maximum atomic E-state index is 12.5. The van der Waals surface area contributed by atoms with Crippen LogP contribution in [-0.2, 0) is 4.79 Å². The van der Waals surface area contributed by atoms with Gasteiger partial charge in [-0.2, -0.15) is 0 Å². The van der Waals surface area contributed by atoms with Crippen molar-refractivity contribution in [1.29, 1.82) is 0 Å². The molecule has 4 saturated carbocycles. The number of hydrogen-bond donors (Lipinski definition) is 1. The Bertz CT molecular complexity index is 353. The van der Waals surface area contributed by atoms with Gasteiger partial charge in [0.25, 0.3) is 0 Å². The molecule has 0 aromatic heterocycles. The molecule has 106 valence electrons. The first-order valence-electron chi connectivity index (χ1n) is 8.24. The van der Waals surface area contributed by atoms with Crippen LogP contribution in [0.2, 0.25) is 0 Å². The number of nitrogens with zero attached hydrogens (tertiary/aromatic N) is 1. The number of carbonyl (C=O) groups excluding carboxylic acids is 1. The molecule has 1 atom stereocenters. The van der Waals surface area contributed by atoms with E-state index in [1.165, 1.54) is 32.1 Å². The summed E-state index contributed by atoms with van der Waals surface area (Å²) in [7, 11) is 0. The molecule has 5 aliphatic rings. The largest absolute Gasteiger partial charge is 0.335 e. The molecule has 3 nitrogen and oxygen atoms in total. The molecular weight excluding hydrogens is 236 g/mol. The molecule has 4 bridgehead atoms. The van der Waals surface area contributed by atoms with Crippen LogP contribution in [0.25, 0.3) is 0 Å². The Morgan fingerprint density at radius 2 is 1.68 bits per heavy atom. The molecule has 0 aromatic carbocycles. The highest BCUT2D eigenvalue weighted by atomic mass is 16.2. The fourth-order valence-corrected chi connectivity index (χ4v) is 5.79. The summed E-state index contributed by atoms with van der Waals surface area (Å²) in [5.74, 6) is 3.99. The molecule has 5 rings (SSSR count). The SMILES string of the molecule is CC1CCNCC(=O)N1C1C2CC3CC(C2)CC1C3. The van der Waals surface area contributed by atoms with E-state index >= 15 is 0 Å². The van der Waals surface area contributed by atoms with Gasteiger partial charge in [0.1, 0.15) is 0 Å². The summed E-state index contributed by atoms with van der Waals surface area (Å²) in [5, 5.41) is 3.29. The van der Waals surface area contributed by atoms with Crippen LogP contribution in [0.1, 0.15) is 45.4 Å². The Labute approximate surface area is 116 Å². The van der Waals surface area contributed by atoms with Gasteiger partial charge in [0.15, 0.2) is 0 Å². The van der Waals surface area contributed by atoms with Gasteiger partial charge in [0, 0.05) is 12.1 Å². The molecule has 3 heteroatoms. The van der Waals surface area contributed by atoms with Crippen LogP contribution in [0.3, 0.4) is 0 Å². The molecule has 0 aromatic rings. The molecule has 1 heterocycles. The Balaban J connectivity index is 1.62. The summed E-state index contributed by atoms with van der Waals surface area (Å²) in [6.45, 7) is 3.82.